The molecule has 28 heavy (non-hydrogen) atoms. The van der Waals surface area contributed by atoms with Crippen LogP contribution < -0.4 is 11.1 Å². The number of nitrogens with zero attached hydrogens (tertiary/aromatic N) is 5. The molecule has 0 spiro atoms. The summed E-state index contributed by atoms with van der Waals surface area (Å²) in [5.74, 6) is -0.628. The molecule has 2 heterocycles. The second-order valence-electron chi connectivity index (χ2n) is 6.20. The molecule has 0 saturated heterocycles. The van der Waals surface area contributed by atoms with Gasteiger partial charge in [0.1, 0.15) is 11.9 Å². The molecule has 0 unspecified atom stereocenters. The van der Waals surface area contributed by atoms with Crippen molar-refractivity contribution in [2.45, 2.75) is 6.54 Å². The minimum Gasteiger partial charge on any atom is -0.388 e. The molecule has 4 aromatic rings. The zero-order valence-electron chi connectivity index (χ0n) is 15.0. The van der Waals surface area contributed by atoms with E-state index in [-0.39, 0.29) is 17.1 Å². The van der Waals surface area contributed by atoms with E-state index in [9.17, 15) is 4.39 Å². The molecule has 0 fully saturated rings. The fourth-order valence-electron chi connectivity index (χ4n) is 3.04. The number of nitrogens with two attached hydrogens (primary N) is 1. The molecule has 4 rings (SSSR count). The SMILES string of the molecule is CNc1ccc(Cn2ncc3c(-c4cccc(C#N)c4F)nc(N)nc32)cc1. The van der Waals surface area contributed by atoms with Crippen molar-refractivity contribution in [1.29, 1.82) is 5.26 Å². The molecule has 0 aliphatic heterocycles. The number of fused-ring (bicyclic) bond motifs is 1. The molecule has 2 aromatic carbocycles. The maximum Gasteiger partial charge on any atom is 0.222 e. The molecular formula is C20H16FN7. The summed E-state index contributed by atoms with van der Waals surface area (Å²) in [5, 5.41) is 17.1. The molecule has 8 heteroatoms. The van der Waals surface area contributed by atoms with Crippen LogP contribution in [-0.4, -0.2) is 26.8 Å². The first-order valence-electron chi connectivity index (χ1n) is 8.55. The highest BCUT2D eigenvalue weighted by Crippen LogP contribution is 2.30. The minimum atomic E-state index is -0.639. The Bertz CT molecular complexity index is 1210. The fourth-order valence-corrected chi connectivity index (χ4v) is 3.04. The van der Waals surface area contributed by atoms with E-state index in [0.717, 1.165) is 11.3 Å². The van der Waals surface area contributed by atoms with Gasteiger partial charge in [0.2, 0.25) is 5.95 Å². The highest BCUT2D eigenvalue weighted by molar-refractivity contribution is 5.91. The van der Waals surface area contributed by atoms with Gasteiger partial charge in [-0.25, -0.2) is 14.1 Å². The van der Waals surface area contributed by atoms with Crippen LogP contribution in [-0.2, 0) is 6.54 Å². The zero-order valence-corrected chi connectivity index (χ0v) is 15.0. The average molecular weight is 373 g/mol. The number of aromatic nitrogens is 4. The lowest BCUT2D eigenvalue weighted by molar-refractivity contribution is 0.627. The lowest BCUT2D eigenvalue weighted by atomic mass is 10.1. The summed E-state index contributed by atoms with van der Waals surface area (Å²) in [5.41, 5.74) is 8.87. The van der Waals surface area contributed by atoms with Gasteiger partial charge in [-0.2, -0.15) is 15.3 Å². The number of halogens is 1. The normalized spacial score (nSPS) is 10.8. The van der Waals surface area contributed by atoms with Crippen molar-refractivity contribution in [3.63, 3.8) is 0 Å². The Hall–Kier alpha value is -3.99. The van der Waals surface area contributed by atoms with Crippen LogP contribution in [0.3, 0.4) is 0 Å². The lowest BCUT2D eigenvalue weighted by Gasteiger charge is -2.08. The summed E-state index contributed by atoms with van der Waals surface area (Å²) in [7, 11) is 1.86. The van der Waals surface area contributed by atoms with Crippen molar-refractivity contribution in [3.05, 3.63) is 65.6 Å². The highest BCUT2D eigenvalue weighted by Gasteiger charge is 2.18. The third-order valence-corrected chi connectivity index (χ3v) is 4.46. The summed E-state index contributed by atoms with van der Waals surface area (Å²) >= 11 is 0. The van der Waals surface area contributed by atoms with Crippen LogP contribution >= 0.6 is 0 Å². The largest absolute Gasteiger partial charge is 0.388 e. The van der Waals surface area contributed by atoms with E-state index in [2.05, 4.69) is 20.4 Å². The van der Waals surface area contributed by atoms with Gasteiger partial charge in [0.15, 0.2) is 5.65 Å². The van der Waals surface area contributed by atoms with Crippen LogP contribution in [0.2, 0.25) is 0 Å². The number of anilines is 2. The molecule has 0 aliphatic carbocycles. The first-order valence-corrected chi connectivity index (χ1v) is 8.55. The Labute approximate surface area is 160 Å². The predicted octanol–water partition coefficient (Wildman–Crippen LogP) is 3.18. The van der Waals surface area contributed by atoms with Gasteiger partial charge in [-0.05, 0) is 29.8 Å². The monoisotopic (exact) mass is 373 g/mol. The van der Waals surface area contributed by atoms with Gasteiger partial charge in [0, 0.05) is 18.3 Å². The molecule has 0 bridgehead atoms. The Morgan fingerprint density at radius 1 is 1.18 bits per heavy atom. The predicted molar refractivity (Wildman–Crippen MR) is 105 cm³/mol. The van der Waals surface area contributed by atoms with Gasteiger partial charge in [-0.15, -0.1) is 0 Å². The van der Waals surface area contributed by atoms with Gasteiger partial charge in [0.05, 0.1) is 29.4 Å². The van der Waals surface area contributed by atoms with Crippen molar-refractivity contribution >= 4 is 22.7 Å². The first kappa shape index (κ1) is 17.4. The molecular weight excluding hydrogens is 357 g/mol. The molecule has 0 saturated carbocycles. The quantitative estimate of drug-likeness (QED) is 0.569. The minimum absolute atomic E-state index is 0.0107. The topological polar surface area (TPSA) is 105 Å². The smallest absolute Gasteiger partial charge is 0.222 e. The van der Waals surface area contributed by atoms with Gasteiger partial charge < -0.3 is 11.1 Å². The third-order valence-electron chi connectivity index (χ3n) is 4.46. The second kappa shape index (κ2) is 6.96. The average Bonchev–Trinajstić information content (AvgIpc) is 3.11. The Kier molecular flexibility index (Phi) is 4.33. The molecule has 3 N–H and O–H groups in total. The summed E-state index contributed by atoms with van der Waals surface area (Å²) in [4.78, 5) is 8.50. The molecule has 0 aliphatic rings. The van der Waals surface area contributed by atoms with E-state index in [0.29, 0.717) is 23.3 Å². The van der Waals surface area contributed by atoms with Crippen LogP contribution in [0.4, 0.5) is 16.0 Å². The van der Waals surface area contributed by atoms with E-state index in [1.807, 2.05) is 37.4 Å². The van der Waals surface area contributed by atoms with E-state index >= 15 is 0 Å². The van der Waals surface area contributed by atoms with Crippen LogP contribution in [0.1, 0.15) is 11.1 Å². The van der Waals surface area contributed by atoms with Gasteiger partial charge in [0.25, 0.3) is 0 Å². The van der Waals surface area contributed by atoms with E-state index in [4.69, 9.17) is 11.0 Å². The van der Waals surface area contributed by atoms with Crippen molar-refractivity contribution < 1.29 is 4.39 Å². The number of rotatable bonds is 4. The van der Waals surface area contributed by atoms with E-state index in [1.165, 1.54) is 6.07 Å². The highest BCUT2D eigenvalue weighted by atomic mass is 19.1. The Balaban J connectivity index is 1.82. The van der Waals surface area contributed by atoms with Crippen LogP contribution in [0, 0.1) is 17.1 Å². The number of nitrogen functional groups attached to an aromatic ring is 1. The number of benzene rings is 2. The first-order chi connectivity index (χ1) is 13.6. The maximum atomic E-state index is 14.7. The number of nitriles is 1. The van der Waals surface area contributed by atoms with Crippen molar-refractivity contribution in [1.82, 2.24) is 19.7 Å². The number of hydrogen-bond donors (Lipinski definition) is 2. The Morgan fingerprint density at radius 3 is 2.68 bits per heavy atom. The summed E-state index contributed by atoms with van der Waals surface area (Å²) in [6, 6.07) is 14.3. The lowest BCUT2D eigenvalue weighted by Crippen LogP contribution is -2.05. The van der Waals surface area contributed by atoms with Gasteiger partial charge in [-0.1, -0.05) is 18.2 Å². The van der Waals surface area contributed by atoms with E-state index in [1.54, 1.807) is 23.0 Å². The molecule has 7 nitrogen and oxygen atoms in total. The van der Waals surface area contributed by atoms with Crippen LogP contribution in [0.15, 0.2) is 48.7 Å². The number of hydrogen-bond acceptors (Lipinski definition) is 6. The standard InChI is InChI=1S/C20H16FN7/c1-24-14-7-5-12(6-8-14)11-28-19-16(10-25-28)18(26-20(23)27-19)15-4-2-3-13(9-22)17(15)21/h2-8,10,24H,11H2,1H3,(H2,23,26,27). The molecule has 138 valence electrons. The molecule has 0 atom stereocenters. The molecule has 2 aromatic heterocycles. The summed E-state index contributed by atoms with van der Waals surface area (Å²) in [6.07, 6.45) is 1.59. The third kappa shape index (κ3) is 2.99. The molecule has 0 radical (unpaired) electrons. The zero-order chi connectivity index (χ0) is 19.7. The second-order valence-corrected chi connectivity index (χ2v) is 6.20. The van der Waals surface area contributed by atoms with Crippen molar-refractivity contribution in [2.75, 3.05) is 18.1 Å². The summed E-state index contributed by atoms with van der Waals surface area (Å²) in [6.45, 7) is 0.476. The Morgan fingerprint density at radius 2 is 1.96 bits per heavy atom. The van der Waals surface area contributed by atoms with Gasteiger partial charge >= 0.3 is 0 Å². The number of nitrogens with one attached hydrogen (secondary N) is 1. The van der Waals surface area contributed by atoms with Crippen molar-refractivity contribution in [2.24, 2.45) is 0 Å². The van der Waals surface area contributed by atoms with Gasteiger partial charge in [-0.3, -0.25) is 0 Å². The summed E-state index contributed by atoms with van der Waals surface area (Å²) < 4.78 is 16.4. The molecule has 0 amide bonds. The maximum absolute atomic E-state index is 14.7. The van der Waals surface area contributed by atoms with Crippen molar-refractivity contribution in [3.8, 4) is 17.3 Å². The van der Waals surface area contributed by atoms with Crippen LogP contribution in [0.5, 0.6) is 0 Å². The van der Waals surface area contributed by atoms with Crippen LogP contribution in [0.25, 0.3) is 22.3 Å². The fraction of sp³-hybridized carbons (Fsp3) is 0.100. The van der Waals surface area contributed by atoms with E-state index < -0.39 is 5.82 Å².